The SMILES string of the molecule is [B]C1(Nc2nc(NC(C)(C)C)ncc2C(N)=O)CCC([B])(C([B])([B])[B])C(O)C1. The largest absolute Gasteiger partial charge is 0.393 e. The van der Waals surface area contributed by atoms with E-state index in [0.29, 0.717) is 0 Å². The van der Waals surface area contributed by atoms with Gasteiger partial charge in [-0.2, -0.15) is 4.98 Å². The summed E-state index contributed by atoms with van der Waals surface area (Å²) in [6, 6.07) is 0. The Labute approximate surface area is 172 Å². The summed E-state index contributed by atoms with van der Waals surface area (Å²) in [5, 5.41) is 13.4. The zero-order valence-electron chi connectivity index (χ0n) is 16.5. The number of anilines is 2. The Morgan fingerprint density at radius 1 is 1.29 bits per heavy atom. The predicted molar refractivity (Wildman–Crippen MR) is 114 cm³/mol. The van der Waals surface area contributed by atoms with E-state index in [1.54, 1.807) is 0 Å². The quantitative estimate of drug-likeness (QED) is 0.521. The van der Waals surface area contributed by atoms with Crippen LogP contribution in [0.25, 0.3) is 0 Å². The van der Waals surface area contributed by atoms with Crippen LogP contribution in [0.5, 0.6) is 0 Å². The van der Waals surface area contributed by atoms with Crippen molar-refractivity contribution in [2.45, 2.75) is 67.5 Å². The van der Waals surface area contributed by atoms with Crippen LogP contribution >= 0.6 is 0 Å². The highest BCUT2D eigenvalue weighted by atomic mass is 16.3. The Bertz CT molecular complexity index is 754. The lowest BCUT2D eigenvalue weighted by molar-refractivity contribution is 0.0686. The van der Waals surface area contributed by atoms with Gasteiger partial charge in [-0.1, -0.05) is 11.7 Å². The molecule has 7 nitrogen and oxygen atoms in total. The van der Waals surface area contributed by atoms with Crippen molar-refractivity contribution >= 4 is 56.9 Å². The molecule has 0 aliphatic heterocycles. The van der Waals surface area contributed by atoms with Crippen molar-refractivity contribution in [3.8, 4) is 0 Å². The van der Waals surface area contributed by atoms with E-state index in [-0.39, 0.29) is 42.1 Å². The summed E-state index contributed by atoms with van der Waals surface area (Å²) in [7, 11) is 29.8. The lowest BCUT2D eigenvalue weighted by atomic mass is 9.25. The van der Waals surface area contributed by atoms with Crippen LogP contribution in [-0.2, 0) is 0 Å². The number of aliphatic hydroxyl groups excluding tert-OH is 1. The average Bonchev–Trinajstić information content (AvgIpc) is 2.48. The number of carbonyl (C=O) groups excluding carboxylic acids is 1. The van der Waals surface area contributed by atoms with E-state index in [1.807, 2.05) is 20.8 Å². The number of aromatic nitrogens is 2. The fourth-order valence-electron chi connectivity index (χ4n) is 3.13. The summed E-state index contributed by atoms with van der Waals surface area (Å²) >= 11 is 0. The van der Waals surface area contributed by atoms with Gasteiger partial charge in [-0.15, -0.1) is 5.11 Å². The Morgan fingerprint density at radius 3 is 2.36 bits per heavy atom. The van der Waals surface area contributed by atoms with Crippen molar-refractivity contribution in [1.82, 2.24) is 9.97 Å². The summed E-state index contributed by atoms with van der Waals surface area (Å²) in [5.74, 6) is -0.283. The molecule has 1 fully saturated rings. The molecule has 0 spiro atoms. The summed E-state index contributed by atoms with van der Waals surface area (Å²) in [6.45, 7) is 5.81. The van der Waals surface area contributed by atoms with Gasteiger partial charge in [0.15, 0.2) is 0 Å². The third kappa shape index (κ3) is 4.88. The van der Waals surface area contributed by atoms with E-state index in [0.717, 1.165) is 0 Å². The molecule has 12 heteroatoms. The molecule has 2 rings (SSSR count). The van der Waals surface area contributed by atoms with Crippen LogP contribution in [0.3, 0.4) is 0 Å². The first-order valence-electron chi connectivity index (χ1n) is 8.92. The number of carbonyl (C=O) groups is 1. The van der Waals surface area contributed by atoms with Gasteiger partial charge in [0.1, 0.15) is 13.7 Å². The number of hydrogen-bond acceptors (Lipinski definition) is 6. The molecule has 1 aliphatic rings. The maximum Gasteiger partial charge on any atom is 0.254 e. The number of nitrogens with two attached hydrogens (primary N) is 1. The molecule has 5 N–H and O–H groups in total. The molecule has 28 heavy (non-hydrogen) atoms. The zero-order chi connectivity index (χ0) is 21.5. The number of nitrogens with one attached hydrogen (secondary N) is 2. The highest BCUT2D eigenvalue weighted by Crippen LogP contribution is 2.54. The van der Waals surface area contributed by atoms with E-state index >= 15 is 0 Å². The normalized spacial score (nSPS) is 28.5. The van der Waals surface area contributed by atoms with Gasteiger partial charge in [-0.3, -0.25) is 4.79 Å². The molecule has 1 aromatic heterocycles. The number of amides is 1. The van der Waals surface area contributed by atoms with Crippen molar-refractivity contribution in [2.24, 2.45) is 5.73 Å². The Balaban J connectivity index is 2.31. The van der Waals surface area contributed by atoms with Crippen molar-refractivity contribution in [3.05, 3.63) is 11.8 Å². The second kappa shape index (κ2) is 7.36. The van der Waals surface area contributed by atoms with Gasteiger partial charge in [0.25, 0.3) is 5.91 Å². The first-order valence-corrected chi connectivity index (χ1v) is 8.92. The second-order valence-electron chi connectivity index (χ2n) is 8.67. The first-order chi connectivity index (χ1) is 12.6. The molecule has 1 heterocycles. The lowest BCUT2D eigenvalue weighted by Gasteiger charge is -2.55. The number of primary amides is 1. The number of nitrogens with zero attached hydrogens (tertiary/aromatic N) is 2. The average molecular weight is 370 g/mol. The maximum absolute atomic E-state index is 11.8. The zero-order valence-corrected chi connectivity index (χ0v) is 16.5. The number of aliphatic hydroxyl groups is 1. The Hall–Kier alpha value is -1.57. The molecule has 1 aromatic rings. The minimum Gasteiger partial charge on any atom is -0.393 e. The number of hydrogen-bond donors (Lipinski definition) is 4. The molecule has 0 bridgehead atoms. The van der Waals surface area contributed by atoms with Gasteiger partial charge in [-0.25, -0.2) is 4.98 Å². The molecular weight excluding hydrogens is 348 g/mol. The Morgan fingerprint density at radius 2 is 1.89 bits per heavy atom. The van der Waals surface area contributed by atoms with E-state index in [4.69, 9.17) is 45.0 Å². The molecule has 0 aromatic carbocycles. The molecule has 10 radical (unpaired) electrons. The van der Waals surface area contributed by atoms with Crippen LogP contribution in [0.2, 0.25) is 10.4 Å². The predicted octanol–water partition coefficient (Wildman–Crippen LogP) is -0.486. The van der Waals surface area contributed by atoms with Gasteiger partial charge in [0, 0.05) is 17.2 Å². The van der Waals surface area contributed by atoms with Crippen molar-refractivity contribution in [3.63, 3.8) is 0 Å². The van der Waals surface area contributed by atoms with E-state index in [9.17, 15) is 9.90 Å². The number of rotatable bonds is 5. The van der Waals surface area contributed by atoms with Gasteiger partial charge in [0.2, 0.25) is 5.95 Å². The molecule has 0 saturated heterocycles. The third-order valence-corrected chi connectivity index (χ3v) is 4.85. The van der Waals surface area contributed by atoms with Crippen LogP contribution in [0.1, 0.15) is 50.4 Å². The topological polar surface area (TPSA) is 113 Å². The fraction of sp³-hybridized carbons (Fsp3) is 0.688. The molecular formula is C16H22B5N5O2. The molecule has 1 amide bonds. The maximum atomic E-state index is 11.8. The lowest BCUT2D eigenvalue weighted by Crippen LogP contribution is -2.54. The van der Waals surface area contributed by atoms with Gasteiger partial charge < -0.3 is 21.5 Å². The van der Waals surface area contributed by atoms with Crippen LogP contribution in [-0.4, -0.2) is 77.3 Å². The van der Waals surface area contributed by atoms with Gasteiger partial charge >= 0.3 is 0 Å². The highest BCUT2D eigenvalue weighted by Gasteiger charge is 2.48. The van der Waals surface area contributed by atoms with Crippen molar-refractivity contribution in [1.29, 1.82) is 0 Å². The van der Waals surface area contributed by atoms with E-state index in [2.05, 4.69) is 20.6 Å². The molecule has 138 valence electrons. The van der Waals surface area contributed by atoms with E-state index < -0.39 is 27.9 Å². The summed E-state index contributed by atoms with van der Waals surface area (Å²) in [5.41, 5.74) is 4.04. The monoisotopic (exact) mass is 371 g/mol. The van der Waals surface area contributed by atoms with Crippen LogP contribution in [0.4, 0.5) is 11.8 Å². The second-order valence-corrected chi connectivity index (χ2v) is 8.67. The summed E-state index contributed by atoms with van der Waals surface area (Å²) in [4.78, 5) is 20.2. The Kier molecular flexibility index (Phi) is 5.97. The van der Waals surface area contributed by atoms with Crippen molar-refractivity contribution < 1.29 is 9.90 Å². The molecule has 1 aliphatic carbocycles. The fourth-order valence-corrected chi connectivity index (χ4v) is 3.13. The highest BCUT2D eigenvalue weighted by molar-refractivity contribution is 6.62. The van der Waals surface area contributed by atoms with Crippen molar-refractivity contribution in [2.75, 3.05) is 10.6 Å². The minimum absolute atomic E-state index is 0.0267. The van der Waals surface area contributed by atoms with Gasteiger partial charge in [0.05, 0.1) is 43.1 Å². The van der Waals surface area contributed by atoms with Crippen LogP contribution in [0, 0.1) is 0 Å². The molecule has 3 unspecified atom stereocenters. The van der Waals surface area contributed by atoms with E-state index in [1.165, 1.54) is 6.20 Å². The standard InChI is InChI=1S/C16H22B5N5O2/c1-13(2,3)26-12-23-7-8(10(22)28)11(24-12)25-14(17)4-5-15(18,9(27)6-14)16(19,20)21/h7,9,27H,4-6H2,1-3H3,(H2,22,28)(H2,23,24,25,26). The summed E-state index contributed by atoms with van der Waals surface area (Å²) in [6.07, 6.45) is 0.501. The third-order valence-electron chi connectivity index (χ3n) is 4.85. The minimum atomic E-state index is -1.79. The summed E-state index contributed by atoms with van der Waals surface area (Å²) < 4.78 is 0. The molecule has 3 atom stereocenters. The van der Waals surface area contributed by atoms with Gasteiger partial charge in [-0.05, 0) is 33.6 Å². The first kappa shape index (κ1) is 22.7. The molecule has 1 saturated carbocycles. The van der Waals surface area contributed by atoms with Crippen LogP contribution < -0.4 is 16.4 Å². The van der Waals surface area contributed by atoms with Crippen LogP contribution in [0.15, 0.2) is 6.20 Å². The smallest absolute Gasteiger partial charge is 0.254 e.